The lowest BCUT2D eigenvalue weighted by molar-refractivity contribution is -0.129. The molecule has 1 aromatic rings. The second-order valence-corrected chi connectivity index (χ2v) is 4.47. The van der Waals surface area contributed by atoms with E-state index in [4.69, 9.17) is 5.26 Å². The molecule has 19 heavy (non-hydrogen) atoms. The lowest BCUT2D eigenvalue weighted by Crippen LogP contribution is -2.37. The first-order valence-corrected chi connectivity index (χ1v) is 6.22. The van der Waals surface area contributed by atoms with Crippen molar-refractivity contribution in [2.45, 2.75) is 26.4 Å². The van der Waals surface area contributed by atoms with Crippen molar-refractivity contribution in [3.05, 3.63) is 47.7 Å². The van der Waals surface area contributed by atoms with Crippen LogP contribution in [0.1, 0.15) is 19.4 Å². The number of nitriles is 1. The molecule has 0 atom stereocenters. The standard InChI is InChI=1S/C15H19N3O/c1-12(2)18(11-13-7-5-4-6-8-13)15(19)14(9-16)10-17-3/h4-8,10,12,17H,11H2,1-3H3/b14-10-. The summed E-state index contributed by atoms with van der Waals surface area (Å²) in [4.78, 5) is 14.0. The summed E-state index contributed by atoms with van der Waals surface area (Å²) in [7, 11) is 1.67. The van der Waals surface area contributed by atoms with E-state index in [0.717, 1.165) is 5.56 Å². The zero-order valence-corrected chi connectivity index (χ0v) is 11.6. The molecule has 1 N–H and O–H groups in total. The van der Waals surface area contributed by atoms with Gasteiger partial charge in [0.25, 0.3) is 5.91 Å². The van der Waals surface area contributed by atoms with Crippen molar-refractivity contribution in [2.24, 2.45) is 0 Å². The van der Waals surface area contributed by atoms with Crippen LogP contribution in [0.4, 0.5) is 0 Å². The first kappa shape index (κ1) is 14.8. The normalized spacial score (nSPS) is 11.0. The van der Waals surface area contributed by atoms with Crippen molar-refractivity contribution in [1.29, 1.82) is 5.26 Å². The Kier molecular flexibility index (Phi) is 5.62. The lowest BCUT2D eigenvalue weighted by Gasteiger charge is -2.26. The Labute approximate surface area is 114 Å². The fraction of sp³-hybridized carbons (Fsp3) is 0.333. The van der Waals surface area contributed by atoms with Crippen molar-refractivity contribution in [2.75, 3.05) is 7.05 Å². The first-order chi connectivity index (χ1) is 9.10. The SMILES string of the molecule is CN/C=C(/C#N)C(=O)N(Cc1ccccc1)C(C)C. The van der Waals surface area contributed by atoms with Gasteiger partial charge in [0.1, 0.15) is 11.6 Å². The van der Waals surface area contributed by atoms with E-state index in [0.29, 0.717) is 6.54 Å². The molecule has 0 fully saturated rings. The fourth-order valence-corrected chi connectivity index (χ4v) is 1.71. The quantitative estimate of drug-likeness (QED) is 0.649. The molecule has 0 heterocycles. The molecule has 0 aliphatic carbocycles. The molecule has 0 unspecified atom stereocenters. The van der Waals surface area contributed by atoms with Gasteiger partial charge in [-0.25, -0.2) is 0 Å². The second kappa shape index (κ2) is 7.22. The number of benzene rings is 1. The summed E-state index contributed by atoms with van der Waals surface area (Å²) in [6.45, 7) is 4.38. The molecule has 4 nitrogen and oxygen atoms in total. The van der Waals surface area contributed by atoms with Crippen molar-refractivity contribution in [1.82, 2.24) is 10.2 Å². The maximum absolute atomic E-state index is 12.3. The monoisotopic (exact) mass is 257 g/mol. The smallest absolute Gasteiger partial charge is 0.266 e. The Balaban J connectivity index is 2.93. The highest BCUT2D eigenvalue weighted by Gasteiger charge is 2.21. The largest absolute Gasteiger partial charge is 0.393 e. The van der Waals surface area contributed by atoms with E-state index in [2.05, 4.69) is 5.32 Å². The number of carbonyl (C=O) groups is 1. The summed E-state index contributed by atoms with van der Waals surface area (Å²) in [5, 5.41) is 11.7. The molecule has 100 valence electrons. The summed E-state index contributed by atoms with van der Waals surface area (Å²) in [6.07, 6.45) is 1.43. The van der Waals surface area contributed by atoms with Gasteiger partial charge in [0, 0.05) is 25.8 Å². The predicted octanol–water partition coefficient (Wildman–Crippen LogP) is 2.05. The lowest BCUT2D eigenvalue weighted by atomic mass is 10.1. The van der Waals surface area contributed by atoms with Crippen LogP contribution in [-0.4, -0.2) is 23.9 Å². The predicted molar refractivity (Wildman–Crippen MR) is 74.9 cm³/mol. The van der Waals surface area contributed by atoms with E-state index in [9.17, 15) is 4.79 Å². The molecule has 0 spiro atoms. The van der Waals surface area contributed by atoms with Gasteiger partial charge in [-0.2, -0.15) is 5.26 Å². The molecule has 1 amide bonds. The second-order valence-electron chi connectivity index (χ2n) is 4.47. The number of hydrogen-bond acceptors (Lipinski definition) is 3. The summed E-state index contributed by atoms with van der Waals surface area (Å²) >= 11 is 0. The maximum atomic E-state index is 12.3. The zero-order chi connectivity index (χ0) is 14.3. The number of amides is 1. The van der Waals surface area contributed by atoms with Gasteiger partial charge in [0.05, 0.1) is 0 Å². The van der Waals surface area contributed by atoms with Crippen molar-refractivity contribution in [3.8, 4) is 6.07 Å². The molecular weight excluding hydrogens is 238 g/mol. The average Bonchev–Trinajstić information content (AvgIpc) is 2.42. The molecule has 0 aliphatic heterocycles. The maximum Gasteiger partial charge on any atom is 0.266 e. The third-order valence-electron chi connectivity index (χ3n) is 2.72. The van der Waals surface area contributed by atoms with E-state index in [-0.39, 0.29) is 17.5 Å². The van der Waals surface area contributed by atoms with Gasteiger partial charge in [-0.05, 0) is 19.4 Å². The first-order valence-electron chi connectivity index (χ1n) is 6.22. The minimum Gasteiger partial charge on any atom is -0.393 e. The Morgan fingerprint density at radius 3 is 2.53 bits per heavy atom. The molecule has 4 heteroatoms. The Hall–Kier alpha value is -2.28. The van der Waals surface area contributed by atoms with E-state index in [1.807, 2.05) is 50.2 Å². The van der Waals surface area contributed by atoms with Crippen molar-refractivity contribution in [3.63, 3.8) is 0 Å². The third kappa shape index (κ3) is 4.14. The van der Waals surface area contributed by atoms with Crippen LogP contribution in [0, 0.1) is 11.3 Å². The minimum atomic E-state index is -0.254. The Morgan fingerprint density at radius 1 is 1.42 bits per heavy atom. The number of hydrogen-bond donors (Lipinski definition) is 1. The summed E-state index contributed by atoms with van der Waals surface area (Å²) in [6, 6.07) is 11.7. The van der Waals surface area contributed by atoms with Crippen LogP contribution in [0.3, 0.4) is 0 Å². The van der Waals surface area contributed by atoms with Crippen LogP contribution in [-0.2, 0) is 11.3 Å². The van der Waals surface area contributed by atoms with Gasteiger partial charge in [-0.3, -0.25) is 4.79 Å². The number of nitrogens with one attached hydrogen (secondary N) is 1. The van der Waals surface area contributed by atoms with Crippen LogP contribution >= 0.6 is 0 Å². The minimum absolute atomic E-state index is 0.0290. The molecule has 1 rings (SSSR count). The van der Waals surface area contributed by atoms with Gasteiger partial charge in [-0.15, -0.1) is 0 Å². The van der Waals surface area contributed by atoms with Gasteiger partial charge in [0.15, 0.2) is 0 Å². The van der Waals surface area contributed by atoms with Crippen LogP contribution in [0.25, 0.3) is 0 Å². The van der Waals surface area contributed by atoms with E-state index < -0.39 is 0 Å². The molecule has 0 aromatic heterocycles. The average molecular weight is 257 g/mol. The van der Waals surface area contributed by atoms with Crippen LogP contribution in [0.15, 0.2) is 42.1 Å². The molecular formula is C15H19N3O. The summed E-state index contributed by atoms with van der Waals surface area (Å²) in [5.74, 6) is -0.254. The van der Waals surface area contributed by atoms with Gasteiger partial charge in [0.2, 0.25) is 0 Å². The number of carbonyl (C=O) groups excluding carboxylic acids is 1. The third-order valence-corrected chi connectivity index (χ3v) is 2.72. The van der Waals surface area contributed by atoms with Gasteiger partial charge < -0.3 is 10.2 Å². The fourth-order valence-electron chi connectivity index (χ4n) is 1.71. The molecule has 0 aliphatic rings. The molecule has 0 saturated carbocycles. The number of nitrogens with zero attached hydrogens (tertiary/aromatic N) is 2. The summed E-state index contributed by atoms with van der Waals surface area (Å²) < 4.78 is 0. The molecule has 0 bridgehead atoms. The zero-order valence-electron chi connectivity index (χ0n) is 11.6. The molecule has 1 aromatic carbocycles. The van der Waals surface area contributed by atoms with Crippen LogP contribution in [0.5, 0.6) is 0 Å². The highest BCUT2D eigenvalue weighted by Crippen LogP contribution is 2.11. The Morgan fingerprint density at radius 2 is 2.05 bits per heavy atom. The van der Waals surface area contributed by atoms with Crippen LogP contribution < -0.4 is 5.32 Å². The van der Waals surface area contributed by atoms with Crippen molar-refractivity contribution >= 4 is 5.91 Å². The van der Waals surface area contributed by atoms with E-state index >= 15 is 0 Å². The Bertz CT molecular complexity index is 486. The van der Waals surface area contributed by atoms with E-state index in [1.165, 1.54) is 6.20 Å². The molecule has 0 saturated heterocycles. The topological polar surface area (TPSA) is 56.1 Å². The van der Waals surface area contributed by atoms with Crippen LogP contribution in [0.2, 0.25) is 0 Å². The molecule has 0 radical (unpaired) electrons. The van der Waals surface area contributed by atoms with Gasteiger partial charge in [-0.1, -0.05) is 30.3 Å². The van der Waals surface area contributed by atoms with Crippen molar-refractivity contribution < 1.29 is 4.79 Å². The highest BCUT2D eigenvalue weighted by atomic mass is 16.2. The highest BCUT2D eigenvalue weighted by molar-refractivity contribution is 5.97. The van der Waals surface area contributed by atoms with E-state index in [1.54, 1.807) is 11.9 Å². The summed E-state index contributed by atoms with van der Waals surface area (Å²) in [5.41, 5.74) is 1.17. The number of rotatable bonds is 5. The van der Waals surface area contributed by atoms with Gasteiger partial charge >= 0.3 is 0 Å².